The maximum absolute atomic E-state index is 8.95. The van der Waals surface area contributed by atoms with Crippen molar-refractivity contribution in [1.29, 1.82) is 0 Å². The highest BCUT2D eigenvalue weighted by molar-refractivity contribution is 5.66. The Kier molecular flexibility index (Phi) is 5.38. The molecule has 1 aromatic heterocycles. The molecule has 2 N–H and O–H groups in total. The topological polar surface area (TPSA) is 79.8 Å². The molecular weight excluding hydrogens is 334 g/mol. The number of rotatable bonds is 6. The van der Waals surface area contributed by atoms with Crippen molar-refractivity contribution in [1.82, 2.24) is 15.1 Å². The molecule has 1 atom stereocenters. The van der Waals surface area contributed by atoms with Crippen molar-refractivity contribution in [3.05, 3.63) is 30.0 Å². The molecule has 1 fully saturated rings. The van der Waals surface area contributed by atoms with Crippen LogP contribution in [0.25, 0.3) is 11.3 Å². The number of fused-ring (bicyclic) bond motifs is 1. The molecule has 0 saturated carbocycles. The van der Waals surface area contributed by atoms with Gasteiger partial charge in [-0.05, 0) is 37.6 Å². The van der Waals surface area contributed by atoms with E-state index in [1.807, 2.05) is 24.4 Å². The van der Waals surface area contributed by atoms with Gasteiger partial charge in [0, 0.05) is 24.2 Å². The van der Waals surface area contributed by atoms with Crippen molar-refractivity contribution in [3.63, 3.8) is 0 Å². The van der Waals surface area contributed by atoms with Gasteiger partial charge in [0.2, 0.25) is 0 Å². The summed E-state index contributed by atoms with van der Waals surface area (Å²) >= 11 is 0. The fourth-order valence-electron chi connectivity index (χ4n) is 3.63. The highest BCUT2D eigenvalue weighted by Crippen LogP contribution is 2.35. The van der Waals surface area contributed by atoms with Crippen molar-refractivity contribution >= 4 is 0 Å². The normalized spacial score (nSPS) is 20.3. The molecule has 7 heteroatoms. The van der Waals surface area contributed by atoms with Crippen LogP contribution in [0.4, 0.5) is 0 Å². The quantitative estimate of drug-likeness (QED) is 0.819. The highest BCUT2D eigenvalue weighted by Gasteiger charge is 2.22. The number of hydrogen-bond donors (Lipinski definition) is 2. The number of aromatic nitrogens is 2. The van der Waals surface area contributed by atoms with Gasteiger partial charge in [-0.1, -0.05) is 0 Å². The van der Waals surface area contributed by atoms with Gasteiger partial charge in [0.15, 0.2) is 11.5 Å². The lowest BCUT2D eigenvalue weighted by atomic mass is 10.0. The molecule has 2 aliphatic heterocycles. The number of benzene rings is 1. The summed E-state index contributed by atoms with van der Waals surface area (Å²) in [4.78, 5) is 2.39. The third-order valence-corrected chi connectivity index (χ3v) is 4.85. The van der Waals surface area contributed by atoms with Crippen molar-refractivity contribution in [2.75, 3.05) is 39.5 Å². The van der Waals surface area contributed by atoms with Crippen LogP contribution in [0.5, 0.6) is 11.5 Å². The van der Waals surface area contributed by atoms with Gasteiger partial charge in [-0.25, -0.2) is 0 Å². The molecule has 0 radical (unpaired) electrons. The van der Waals surface area contributed by atoms with Crippen molar-refractivity contribution in [3.8, 4) is 22.8 Å². The minimum atomic E-state index is 0.0759. The number of ether oxygens (including phenoxy) is 3. The van der Waals surface area contributed by atoms with Crippen LogP contribution >= 0.6 is 0 Å². The van der Waals surface area contributed by atoms with E-state index in [1.165, 1.54) is 0 Å². The molecule has 0 spiro atoms. The number of hydrogen-bond acceptors (Lipinski definition) is 6. The average molecular weight is 359 g/mol. The lowest BCUT2D eigenvalue weighted by Gasteiger charge is -2.32. The third kappa shape index (κ3) is 3.85. The van der Waals surface area contributed by atoms with Crippen LogP contribution in [-0.2, 0) is 11.3 Å². The summed E-state index contributed by atoms with van der Waals surface area (Å²) in [5.41, 5.74) is 3.22. The van der Waals surface area contributed by atoms with Crippen LogP contribution in [0.15, 0.2) is 24.4 Å². The zero-order valence-corrected chi connectivity index (χ0v) is 14.8. The molecule has 4 rings (SSSR count). The molecule has 3 heterocycles. The van der Waals surface area contributed by atoms with Gasteiger partial charge in [0.25, 0.3) is 0 Å². The van der Waals surface area contributed by atoms with Gasteiger partial charge < -0.3 is 19.3 Å². The molecule has 140 valence electrons. The molecule has 26 heavy (non-hydrogen) atoms. The summed E-state index contributed by atoms with van der Waals surface area (Å²) in [5, 5.41) is 16.3. The van der Waals surface area contributed by atoms with Crippen LogP contribution in [0, 0.1) is 0 Å². The zero-order chi connectivity index (χ0) is 17.8. The average Bonchev–Trinajstić information content (AvgIpc) is 3.14. The Morgan fingerprint density at radius 2 is 2.15 bits per heavy atom. The van der Waals surface area contributed by atoms with Crippen LogP contribution in [0.2, 0.25) is 0 Å². The maximum atomic E-state index is 8.95. The Morgan fingerprint density at radius 3 is 3.04 bits per heavy atom. The minimum absolute atomic E-state index is 0.0759. The number of aliphatic hydroxyl groups is 1. The number of nitrogens with one attached hydrogen (secondary N) is 1. The van der Waals surface area contributed by atoms with Gasteiger partial charge in [0.05, 0.1) is 31.2 Å². The lowest BCUT2D eigenvalue weighted by molar-refractivity contribution is -0.0162. The lowest BCUT2D eigenvalue weighted by Crippen LogP contribution is -2.39. The van der Waals surface area contributed by atoms with E-state index in [4.69, 9.17) is 19.3 Å². The van der Waals surface area contributed by atoms with Gasteiger partial charge in [0.1, 0.15) is 13.2 Å². The molecule has 1 unspecified atom stereocenters. The Bertz CT molecular complexity index is 733. The van der Waals surface area contributed by atoms with E-state index in [0.717, 1.165) is 60.8 Å². The third-order valence-electron chi connectivity index (χ3n) is 4.85. The van der Waals surface area contributed by atoms with E-state index in [9.17, 15) is 0 Å². The summed E-state index contributed by atoms with van der Waals surface area (Å²) in [6.07, 6.45) is 4.25. The number of aliphatic hydroxyl groups excluding tert-OH is 1. The van der Waals surface area contributed by atoms with Gasteiger partial charge in [-0.2, -0.15) is 5.10 Å². The molecule has 7 nitrogen and oxygen atoms in total. The van der Waals surface area contributed by atoms with Gasteiger partial charge in [-0.3, -0.25) is 10.00 Å². The van der Waals surface area contributed by atoms with Gasteiger partial charge >= 0.3 is 0 Å². The molecule has 0 aliphatic carbocycles. The van der Waals surface area contributed by atoms with Crippen molar-refractivity contribution < 1.29 is 19.3 Å². The first kappa shape index (κ1) is 17.3. The largest absolute Gasteiger partial charge is 0.486 e. The first-order valence-corrected chi connectivity index (χ1v) is 9.20. The Balaban J connectivity index is 1.47. The number of piperidine rings is 1. The van der Waals surface area contributed by atoms with E-state index < -0.39 is 0 Å². The van der Waals surface area contributed by atoms with Gasteiger partial charge in [-0.15, -0.1) is 0 Å². The van der Waals surface area contributed by atoms with Crippen molar-refractivity contribution in [2.45, 2.75) is 25.5 Å². The molecule has 2 aliphatic rings. The predicted octanol–water partition coefficient (Wildman–Crippen LogP) is 1.82. The monoisotopic (exact) mass is 359 g/mol. The van der Waals surface area contributed by atoms with Crippen LogP contribution in [0.3, 0.4) is 0 Å². The first-order chi connectivity index (χ1) is 12.8. The summed E-state index contributed by atoms with van der Waals surface area (Å²) < 4.78 is 17.0. The summed E-state index contributed by atoms with van der Waals surface area (Å²) in [6, 6.07) is 6.00. The van der Waals surface area contributed by atoms with Crippen LogP contribution < -0.4 is 9.47 Å². The van der Waals surface area contributed by atoms with Crippen molar-refractivity contribution in [2.24, 2.45) is 0 Å². The molecular formula is C19H25N3O4. The number of likely N-dealkylation sites (tertiary alicyclic amines) is 1. The summed E-state index contributed by atoms with van der Waals surface area (Å²) in [5.74, 6) is 1.57. The summed E-state index contributed by atoms with van der Waals surface area (Å²) in [6.45, 7) is 4.40. The van der Waals surface area contributed by atoms with E-state index >= 15 is 0 Å². The highest BCUT2D eigenvalue weighted by atomic mass is 16.6. The Morgan fingerprint density at radius 1 is 1.27 bits per heavy atom. The second-order valence-corrected chi connectivity index (χ2v) is 6.72. The smallest absolute Gasteiger partial charge is 0.162 e. The molecule has 1 saturated heterocycles. The minimum Gasteiger partial charge on any atom is -0.486 e. The van der Waals surface area contributed by atoms with Crippen LogP contribution in [-0.4, -0.2) is 65.8 Å². The number of aromatic amines is 1. The Labute approximate surface area is 152 Å². The fourth-order valence-corrected chi connectivity index (χ4v) is 3.63. The standard InChI is InChI=1S/C19H25N3O4/c23-6-7-24-16-2-1-5-22(13-16)12-15-11-20-21-19(15)14-3-4-17-18(10-14)26-9-8-25-17/h3-4,10-11,16,23H,1-2,5-9,12-13H2,(H,20,21). The SMILES string of the molecule is OCCOC1CCCN(Cc2cn[nH]c2-c2ccc3c(c2)OCCO3)C1. The maximum Gasteiger partial charge on any atom is 0.162 e. The summed E-state index contributed by atoms with van der Waals surface area (Å²) in [7, 11) is 0. The molecule has 0 amide bonds. The molecule has 0 bridgehead atoms. The molecule has 1 aromatic carbocycles. The number of H-pyrrole nitrogens is 1. The van der Waals surface area contributed by atoms with E-state index in [-0.39, 0.29) is 12.7 Å². The van der Waals surface area contributed by atoms with E-state index in [1.54, 1.807) is 0 Å². The van der Waals surface area contributed by atoms with E-state index in [2.05, 4.69) is 15.1 Å². The second kappa shape index (κ2) is 8.07. The van der Waals surface area contributed by atoms with Crippen LogP contribution in [0.1, 0.15) is 18.4 Å². The number of nitrogens with zero attached hydrogens (tertiary/aromatic N) is 2. The molecule has 2 aromatic rings. The zero-order valence-electron chi connectivity index (χ0n) is 14.8. The fraction of sp³-hybridized carbons (Fsp3) is 0.526. The first-order valence-electron chi connectivity index (χ1n) is 9.20. The Hall–Kier alpha value is -2.09. The van der Waals surface area contributed by atoms with E-state index in [0.29, 0.717) is 19.8 Å². The second-order valence-electron chi connectivity index (χ2n) is 6.72. The predicted molar refractivity (Wildman–Crippen MR) is 96.4 cm³/mol.